The van der Waals surface area contributed by atoms with Crippen LogP contribution < -0.4 is 4.90 Å². The summed E-state index contributed by atoms with van der Waals surface area (Å²) in [6.07, 6.45) is 1.29. The lowest BCUT2D eigenvalue weighted by atomic mass is 9.98. The number of fused-ring (bicyclic) bond motifs is 1. The van der Waals surface area contributed by atoms with Gasteiger partial charge in [0.05, 0.1) is 20.5 Å². The van der Waals surface area contributed by atoms with Gasteiger partial charge in [-0.2, -0.15) is 4.31 Å². The fraction of sp³-hybridized carbons (Fsp3) is 0.520. The van der Waals surface area contributed by atoms with E-state index >= 15 is 0 Å². The van der Waals surface area contributed by atoms with Crippen molar-refractivity contribution in [3.05, 3.63) is 39.7 Å². The molecule has 196 valence electrons. The molecular formula is C25H33ClN4O3S3. The molecule has 1 unspecified atom stereocenters. The van der Waals surface area contributed by atoms with Crippen LogP contribution in [0.4, 0.5) is 5.13 Å². The number of rotatable bonds is 9. The van der Waals surface area contributed by atoms with Gasteiger partial charge < -0.3 is 4.90 Å². The number of thiophene rings is 1. The molecule has 0 spiro atoms. The Balaban J connectivity index is 1.62. The van der Waals surface area contributed by atoms with Crippen LogP contribution in [0.15, 0.2) is 28.5 Å². The fourth-order valence-electron chi connectivity index (χ4n) is 4.71. The number of amides is 1. The second-order valence-corrected chi connectivity index (χ2v) is 14.1. The highest BCUT2D eigenvalue weighted by Gasteiger charge is 2.36. The van der Waals surface area contributed by atoms with Gasteiger partial charge in [-0.25, -0.2) is 13.4 Å². The summed E-state index contributed by atoms with van der Waals surface area (Å²) < 4.78 is 29.6. The minimum absolute atomic E-state index is 0.0558. The van der Waals surface area contributed by atoms with Crippen molar-refractivity contribution in [2.24, 2.45) is 5.92 Å². The van der Waals surface area contributed by atoms with E-state index in [1.807, 2.05) is 6.92 Å². The maximum atomic E-state index is 14.0. The van der Waals surface area contributed by atoms with Gasteiger partial charge in [-0.05, 0) is 69.1 Å². The van der Waals surface area contributed by atoms with Gasteiger partial charge in [-0.1, -0.05) is 42.9 Å². The first kappa shape index (κ1) is 27.5. The number of anilines is 1. The average molecular weight is 569 g/mol. The van der Waals surface area contributed by atoms with Gasteiger partial charge in [0.25, 0.3) is 10.0 Å². The Labute approximate surface area is 226 Å². The quantitative estimate of drug-likeness (QED) is 0.345. The van der Waals surface area contributed by atoms with E-state index in [-0.39, 0.29) is 16.7 Å². The monoisotopic (exact) mass is 568 g/mol. The SMILES string of the molecule is CCN(CC)CCN(C(=O)C1CCCN(S(=O)(=O)c2ccc(Cl)s2)C1)c1nc2cc(C)cc(C)c2s1. The number of aryl methyl sites for hydroxylation is 2. The van der Waals surface area contributed by atoms with Crippen molar-refractivity contribution in [3.8, 4) is 0 Å². The van der Waals surface area contributed by atoms with Crippen molar-refractivity contribution in [2.75, 3.05) is 44.2 Å². The summed E-state index contributed by atoms with van der Waals surface area (Å²) in [5, 5.41) is 0.681. The first-order valence-corrected chi connectivity index (χ1v) is 15.8. The molecule has 1 aromatic carbocycles. The summed E-state index contributed by atoms with van der Waals surface area (Å²) in [7, 11) is -3.69. The number of piperidine rings is 1. The summed E-state index contributed by atoms with van der Waals surface area (Å²) in [5.74, 6) is -0.477. The van der Waals surface area contributed by atoms with E-state index in [2.05, 4.69) is 37.8 Å². The van der Waals surface area contributed by atoms with Crippen LogP contribution in [0.1, 0.15) is 37.8 Å². The molecule has 0 bridgehead atoms. The number of hydrogen-bond donors (Lipinski definition) is 0. The molecule has 1 fully saturated rings. The molecule has 3 heterocycles. The van der Waals surface area contributed by atoms with E-state index in [4.69, 9.17) is 16.6 Å². The predicted molar refractivity (Wildman–Crippen MR) is 150 cm³/mol. The summed E-state index contributed by atoms with van der Waals surface area (Å²) in [6.45, 7) is 12.0. The molecule has 0 saturated carbocycles. The minimum atomic E-state index is -3.69. The number of nitrogens with zero attached hydrogens (tertiary/aromatic N) is 4. The van der Waals surface area contributed by atoms with E-state index in [9.17, 15) is 13.2 Å². The van der Waals surface area contributed by atoms with Crippen LogP contribution in [0, 0.1) is 19.8 Å². The first-order chi connectivity index (χ1) is 17.1. The number of benzene rings is 1. The van der Waals surface area contributed by atoms with Crippen molar-refractivity contribution in [3.63, 3.8) is 0 Å². The molecule has 1 aliphatic rings. The maximum absolute atomic E-state index is 14.0. The highest BCUT2D eigenvalue weighted by Crippen LogP contribution is 2.35. The van der Waals surface area contributed by atoms with Crippen LogP contribution in [0.2, 0.25) is 4.34 Å². The zero-order valence-electron chi connectivity index (χ0n) is 21.2. The third kappa shape index (κ3) is 5.79. The highest BCUT2D eigenvalue weighted by molar-refractivity contribution is 7.91. The smallest absolute Gasteiger partial charge is 0.252 e. The number of carbonyl (C=O) groups excluding carboxylic acids is 1. The third-order valence-electron chi connectivity index (χ3n) is 6.72. The second-order valence-electron chi connectivity index (χ2n) is 9.20. The lowest BCUT2D eigenvalue weighted by Gasteiger charge is -2.34. The summed E-state index contributed by atoms with van der Waals surface area (Å²) in [5.41, 5.74) is 3.18. The average Bonchev–Trinajstić information content (AvgIpc) is 3.48. The molecule has 11 heteroatoms. The Hall–Kier alpha value is -1.56. The summed E-state index contributed by atoms with van der Waals surface area (Å²) in [6, 6.07) is 7.32. The third-order valence-corrected chi connectivity index (χ3v) is 11.5. The molecule has 36 heavy (non-hydrogen) atoms. The zero-order chi connectivity index (χ0) is 26.0. The number of carbonyl (C=O) groups is 1. The number of thiazole rings is 1. The molecule has 7 nitrogen and oxygen atoms in total. The van der Waals surface area contributed by atoms with Gasteiger partial charge in [0.2, 0.25) is 5.91 Å². The maximum Gasteiger partial charge on any atom is 0.252 e. The van der Waals surface area contributed by atoms with E-state index < -0.39 is 15.9 Å². The van der Waals surface area contributed by atoms with Crippen LogP contribution in [-0.4, -0.2) is 67.8 Å². The molecule has 1 saturated heterocycles. The van der Waals surface area contributed by atoms with Crippen LogP contribution in [0.5, 0.6) is 0 Å². The number of aromatic nitrogens is 1. The van der Waals surface area contributed by atoms with Crippen molar-refractivity contribution < 1.29 is 13.2 Å². The van der Waals surface area contributed by atoms with E-state index in [1.54, 1.807) is 11.0 Å². The Morgan fingerprint density at radius 2 is 1.92 bits per heavy atom. The number of sulfonamides is 1. The second kappa shape index (κ2) is 11.4. The fourth-order valence-corrected chi connectivity index (χ4v) is 8.92. The topological polar surface area (TPSA) is 73.8 Å². The summed E-state index contributed by atoms with van der Waals surface area (Å²) >= 11 is 8.58. The number of halogens is 1. The lowest BCUT2D eigenvalue weighted by Crippen LogP contribution is -2.48. The molecule has 3 aromatic rings. The summed E-state index contributed by atoms with van der Waals surface area (Å²) in [4.78, 5) is 22.9. The van der Waals surface area contributed by atoms with Gasteiger partial charge in [0.1, 0.15) is 4.21 Å². The number of likely N-dealkylation sites (N-methyl/N-ethyl adjacent to an activating group) is 1. The molecule has 1 atom stereocenters. The van der Waals surface area contributed by atoms with Gasteiger partial charge in [-0.15, -0.1) is 11.3 Å². The van der Waals surface area contributed by atoms with Crippen LogP contribution >= 0.6 is 34.3 Å². The standard InChI is InChI=1S/C25H33ClN4O3S3/c1-5-28(6-2)12-13-30(25-27-20-15-17(3)14-18(4)23(20)35-25)24(31)19-8-7-11-29(16-19)36(32,33)22-10-9-21(26)34-22/h9-10,14-15,19H,5-8,11-13,16H2,1-4H3. The minimum Gasteiger partial charge on any atom is -0.302 e. The Bertz CT molecular complexity index is 1330. The molecule has 4 rings (SSSR count). The highest BCUT2D eigenvalue weighted by atomic mass is 35.5. The molecule has 0 radical (unpaired) electrons. The zero-order valence-corrected chi connectivity index (χ0v) is 24.4. The normalized spacial score (nSPS) is 17.2. The Morgan fingerprint density at radius 3 is 2.58 bits per heavy atom. The molecule has 1 amide bonds. The van der Waals surface area contributed by atoms with Crippen molar-refractivity contribution in [1.82, 2.24) is 14.2 Å². The van der Waals surface area contributed by atoms with Crippen molar-refractivity contribution in [1.29, 1.82) is 0 Å². The van der Waals surface area contributed by atoms with Crippen molar-refractivity contribution >= 4 is 65.6 Å². The van der Waals surface area contributed by atoms with Gasteiger partial charge in [0.15, 0.2) is 5.13 Å². The van der Waals surface area contributed by atoms with Crippen molar-refractivity contribution in [2.45, 2.75) is 44.7 Å². The van der Waals surface area contributed by atoms with E-state index in [1.165, 1.54) is 21.7 Å². The van der Waals surface area contributed by atoms with Crippen LogP contribution in [-0.2, 0) is 14.8 Å². The van der Waals surface area contributed by atoms with E-state index in [0.717, 1.165) is 52.3 Å². The Kier molecular flexibility index (Phi) is 8.74. The number of hydrogen-bond acceptors (Lipinski definition) is 7. The Morgan fingerprint density at radius 1 is 1.17 bits per heavy atom. The van der Waals surface area contributed by atoms with Crippen LogP contribution in [0.3, 0.4) is 0 Å². The van der Waals surface area contributed by atoms with Crippen LogP contribution in [0.25, 0.3) is 10.2 Å². The van der Waals surface area contributed by atoms with E-state index in [0.29, 0.717) is 35.4 Å². The molecule has 0 N–H and O–H groups in total. The lowest BCUT2D eigenvalue weighted by molar-refractivity contribution is -0.123. The molecule has 1 aliphatic heterocycles. The van der Waals surface area contributed by atoms with Gasteiger partial charge in [-0.3, -0.25) is 9.69 Å². The molecular weight excluding hydrogens is 536 g/mol. The van der Waals surface area contributed by atoms with Gasteiger partial charge in [0, 0.05) is 26.2 Å². The van der Waals surface area contributed by atoms with Gasteiger partial charge >= 0.3 is 0 Å². The largest absolute Gasteiger partial charge is 0.302 e. The first-order valence-electron chi connectivity index (χ1n) is 12.3. The predicted octanol–water partition coefficient (Wildman–Crippen LogP) is 5.40. The molecule has 2 aromatic heterocycles. The molecule has 0 aliphatic carbocycles.